The molecule has 2 unspecified atom stereocenters. The molecule has 0 fully saturated rings. The fraction of sp³-hybridized carbons (Fsp3) is 0.800. The summed E-state index contributed by atoms with van der Waals surface area (Å²) < 4.78 is 10.6. The van der Waals surface area contributed by atoms with Gasteiger partial charge < -0.3 is 0 Å². The summed E-state index contributed by atoms with van der Waals surface area (Å²) in [6.07, 6.45) is 1.66. The van der Waals surface area contributed by atoms with Crippen molar-refractivity contribution in [2.75, 3.05) is 12.8 Å². The number of nitrogens with zero attached hydrogens (tertiary/aromatic N) is 1. The van der Waals surface area contributed by atoms with E-state index in [1.54, 1.807) is 6.26 Å². The van der Waals surface area contributed by atoms with Gasteiger partial charge in [-0.25, -0.2) is 4.99 Å². The standard InChI is InChI=1S/C5H9NOS2/c1-5(9(2)7)3-6-4-8/h5H,3H2,1-2H3. The van der Waals surface area contributed by atoms with Crippen LogP contribution in [0.4, 0.5) is 0 Å². The van der Waals surface area contributed by atoms with Gasteiger partial charge in [-0.15, -0.1) is 0 Å². The van der Waals surface area contributed by atoms with Crippen LogP contribution in [0.2, 0.25) is 0 Å². The predicted octanol–water partition coefficient (Wildman–Crippen LogP) is 0.856. The number of hydrogen-bond acceptors (Lipinski definition) is 3. The van der Waals surface area contributed by atoms with E-state index in [1.807, 2.05) is 6.92 Å². The lowest BCUT2D eigenvalue weighted by atomic mass is 10.5. The summed E-state index contributed by atoms with van der Waals surface area (Å²) in [6.45, 7) is 2.39. The zero-order valence-corrected chi connectivity index (χ0v) is 7.09. The fourth-order valence-electron chi connectivity index (χ4n) is 0.271. The van der Waals surface area contributed by atoms with Gasteiger partial charge in [0.15, 0.2) is 0 Å². The van der Waals surface area contributed by atoms with Crippen LogP contribution in [0.3, 0.4) is 0 Å². The maximum Gasteiger partial charge on any atom is 0.0633 e. The molecule has 9 heavy (non-hydrogen) atoms. The minimum Gasteiger partial charge on any atom is -0.260 e. The van der Waals surface area contributed by atoms with Crippen LogP contribution in [0.5, 0.6) is 0 Å². The van der Waals surface area contributed by atoms with Crippen molar-refractivity contribution in [2.45, 2.75) is 12.2 Å². The number of isothiocyanates is 1. The Morgan fingerprint density at radius 3 is 2.78 bits per heavy atom. The lowest BCUT2D eigenvalue weighted by Crippen LogP contribution is -2.12. The SMILES string of the molecule is CC(CN=C=S)S(C)=O. The van der Waals surface area contributed by atoms with Gasteiger partial charge in [0.05, 0.1) is 17.0 Å². The summed E-state index contributed by atoms with van der Waals surface area (Å²) in [6, 6.07) is 0. The molecular weight excluding hydrogens is 154 g/mol. The summed E-state index contributed by atoms with van der Waals surface area (Å²) >= 11 is 4.34. The van der Waals surface area contributed by atoms with E-state index < -0.39 is 10.8 Å². The first-order chi connectivity index (χ1) is 4.18. The molecule has 0 aliphatic carbocycles. The van der Waals surface area contributed by atoms with Gasteiger partial charge in [0, 0.05) is 17.1 Å². The monoisotopic (exact) mass is 163 g/mol. The Balaban J connectivity index is 3.63. The van der Waals surface area contributed by atoms with Crippen molar-refractivity contribution in [1.29, 1.82) is 0 Å². The Morgan fingerprint density at radius 2 is 2.44 bits per heavy atom. The molecule has 52 valence electrons. The van der Waals surface area contributed by atoms with Gasteiger partial charge >= 0.3 is 0 Å². The smallest absolute Gasteiger partial charge is 0.0633 e. The maximum absolute atomic E-state index is 10.6. The van der Waals surface area contributed by atoms with Gasteiger partial charge in [0.2, 0.25) is 0 Å². The third kappa shape index (κ3) is 4.45. The molecular formula is C5H9NOS2. The second-order valence-electron chi connectivity index (χ2n) is 1.74. The van der Waals surface area contributed by atoms with Gasteiger partial charge in [-0.3, -0.25) is 4.21 Å². The molecule has 0 aromatic heterocycles. The quantitative estimate of drug-likeness (QED) is 0.456. The first-order valence-corrected chi connectivity index (χ1v) is 4.57. The topological polar surface area (TPSA) is 29.4 Å². The van der Waals surface area contributed by atoms with E-state index in [0.29, 0.717) is 6.54 Å². The van der Waals surface area contributed by atoms with Crippen molar-refractivity contribution in [2.24, 2.45) is 4.99 Å². The molecule has 0 heterocycles. The highest BCUT2D eigenvalue weighted by Gasteiger charge is 2.02. The van der Waals surface area contributed by atoms with Crippen LogP contribution in [-0.2, 0) is 10.8 Å². The van der Waals surface area contributed by atoms with E-state index >= 15 is 0 Å². The second-order valence-corrected chi connectivity index (χ2v) is 3.73. The molecule has 2 atom stereocenters. The van der Waals surface area contributed by atoms with Crippen molar-refractivity contribution in [3.05, 3.63) is 0 Å². The Hall–Kier alpha value is -0.0500. The first-order valence-electron chi connectivity index (χ1n) is 2.54. The largest absolute Gasteiger partial charge is 0.260 e. The van der Waals surface area contributed by atoms with Crippen LogP contribution in [0, 0.1) is 0 Å². The molecule has 4 heteroatoms. The molecule has 0 saturated heterocycles. The van der Waals surface area contributed by atoms with Crippen LogP contribution >= 0.6 is 12.2 Å². The van der Waals surface area contributed by atoms with Crippen LogP contribution in [0.1, 0.15) is 6.92 Å². The molecule has 0 saturated carbocycles. The minimum atomic E-state index is -0.792. The van der Waals surface area contributed by atoms with Crippen molar-refractivity contribution in [3.8, 4) is 0 Å². The molecule has 0 bridgehead atoms. The maximum atomic E-state index is 10.6. The molecule has 0 radical (unpaired) electrons. The second kappa shape index (κ2) is 4.79. The van der Waals surface area contributed by atoms with Crippen LogP contribution in [0.25, 0.3) is 0 Å². The van der Waals surface area contributed by atoms with Crippen molar-refractivity contribution in [3.63, 3.8) is 0 Å². The molecule has 0 amide bonds. The molecule has 0 rings (SSSR count). The third-order valence-electron chi connectivity index (χ3n) is 0.980. The van der Waals surface area contributed by atoms with Crippen molar-refractivity contribution in [1.82, 2.24) is 0 Å². The molecule has 0 aromatic carbocycles. The van der Waals surface area contributed by atoms with Crippen LogP contribution in [0.15, 0.2) is 4.99 Å². The molecule has 2 nitrogen and oxygen atoms in total. The van der Waals surface area contributed by atoms with E-state index in [-0.39, 0.29) is 5.25 Å². The first kappa shape index (κ1) is 8.95. The number of aliphatic imine (C=N–C) groups is 1. The number of hydrogen-bond donors (Lipinski definition) is 0. The highest BCUT2D eigenvalue weighted by molar-refractivity contribution is 7.84. The molecule has 0 N–H and O–H groups in total. The average molecular weight is 163 g/mol. The van der Waals surface area contributed by atoms with Gasteiger partial charge in [0.1, 0.15) is 0 Å². The minimum absolute atomic E-state index is 0.0976. The van der Waals surface area contributed by atoms with E-state index in [0.717, 1.165) is 0 Å². The Bertz CT molecular complexity index is 151. The summed E-state index contributed by atoms with van der Waals surface area (Å²) in [7, 11) is -0.792. The Labute approximate surface area is 62.8 Å². The molecule has 0 aliphatic rings. The fourth-order valence-corrected chi connectivity index (χ4v) is 0.630. The van der Waals surface area contributed by atoms with E-state index in [1.165, 1.54) is 0 Å². The van der Waals surface area contributed by atoms with Crippen molar-refractivity contribution < 1.29 is 4.21 Å². The molecule has 0 aliphatic heterocycles. The van der Waals surface area contributed by atoms with Crippen LogP contribution in [-0.4, -0.2) is 27.4 Å². The third-order valence-corrected chi connectivity index (χ3v) is 2.39. The lowest BCUT2D eigenvalue weighted by Gasteiger charge is -1.99. The predicted molar refractivity (Wildman–Crippen MR) is 43.4 cm³/mol. The summed E-state index contributed by atoms with van der Waals surface area (Å²) in [5, 5.41) is 2.33. The normalized spacial score (nSPS) is 15.8. The summed E-state index contributed by atoms with van der Waals surface area (Å²) in [5.41, 5.74) is 0. The number of rotatable bonds is 3. The van der Waals surface area contributed by atoms with Gasteiger partial charge in [-0.2, -0.15) is 0 Å². The highest BCUT2D eigenvalue weighted by Crippen LogP contribution is 1.91. The van der Waals surface area contributed by atoms with Gasteiger partial charge in [-0.05, 0) is 19.1 Å². The Kier molecular flexibility index (Phi) is 4.77. The molecule has 0 spiro atoms. The zero-order chi connectivity index (χ0) is 7.28. The highest BCUT2D eigenvalue weighted by atomic mass is 32.2. The zero-order valence-electron chi connectivity index (χ0n) is 5.46. The molecule has 0 aromatic rings. The van der Waals surface area contributed by atoms with Crippen molar-refractivity contribution >= 4 is 28.2 Å². The van der Waals surface area contributed by atoms with Crippen LogP contribution < -0.4 is 0 Å². The van der Waals surface area contributed by atoms with Gasteiger partial charge in [-0.1, -0.05) is 0 Å². The van der Waals surface area contributed by atoms with E-state index in [2.05, 4.69) is 22.4 Å². The lowest BCUT2D eigenvalue weighted by molar-refractivity contribution is 0.677. The van der Waals surface area contributed by atoms with E-state index in [4.69, 9.17) is 0 Å². The van der Waals surface area contributed by atoms with E-state index in [9.17, 15) is 4.21 Å². The number of thiocarbonyl (C=S) groups is 1. The average Bonchev–Trinajstić information content (AvgIpc) is 1.82. The Morgan fingerprint density at radius 1 is 1.89 bits per heavy atom. The summed E-state index contributed by atoms with van der Waals surface area (Å²) in [4.78, 5) is 3.66. The van der Waals surface area contributed by atoms with Gasteiger partial charge in [0.25, 0.3) is 0 Å². The summed E-state index contributed by atoms with van der Waals surface area (Å²) in [5.74, 6) is 0.